The van der Waals surface area contributed by atoms with E-state index in [4.69, 9.17) is 4.74 Å². The highest BCUT2D eigenvalue weighted by Gasteiger charge is 2.17. The topological polar surface area (TPSA) is 62.8 Å². The average Bonchev–Trinajstić information content (AvgIpc) is 2.98. The predicted octanol–water partition coefficient (Wildman–Crippen LogP) is 2.32. The van der Waals surface area contributed by atoms with Crippen LogP contribution in [0.25, 0.3) is 11.0 Å². The number of anilines is 1. The second-order valence-corrected chi connectivity index (χ2v) is 4.42. The Kier molecular flexibility index (Phi) is 2.59. The fourth-order valence-electron chi connectivity index (χ4n) is 2.39. The van der Waals surface area contributed by atoms with E-state index in [0.29, 0.717) is 12.1 Å². The number of hydrogen-bond acceptors (Lipinski definition) is 4. The summed E-state index contributed by atoms with van der Waals surface area (Å²) in [4.78, 5) is 11.7. The molecule has 0 amide bonds. The molecule has 0 radical (unpaired) electrons. The van der Waals surface area contributed by atoms with Crippen LogP contribution < -0.4 is 10.1 Å². The largest absolute Gasteiger partial charge is 0.467 e. The van der Waals surface area contributed by atoms with Crippen LogP contribution in [-0.2, 0) is 0 Å². The molecule has 2 N–H and O–H groups in total. The van der Waals surface area contributed by atoms with Gasteiger partial charge in [-0.1, -0.05) is 12.8 Å². The molecule has 0 atom stereocenters. The van der Waals surface area contributed by atoms with E-state index in [-0.39, 0.29) is 0 Å². The van der Waals surface area contributed by atoms with Crippen molar-refractivity contribution in [2.75, 3.05) is 12.4 Å². The monoisotopic (exact) mass is 232 g/mol. The summed E-state index contributed by atoms with van der Waals surface area (Å²) in [5.74, 6) is 0.875. The first kappa shape index (κ1) is 10.4. The second kappa shape index (κ2) is 4.24. The molecule has 2 heterocycles. The first-order valence-electron chi connectivity index (χ1n) is 6.02. The summed E-state index contributed by atoms with van der Waals surface area (Å²) in [5, 5.41) is 4.52. The maximum absolute atomic E-state index is 5.11. The molecule has 5 heteroatoms. The highest BCUT2D eigenvalue weighted by atomic mass is 16.5. The van der Waals surface area contributed by atoms with Crippen molar-refractivity contribution in [1.29, 1.82) is 0 Å². The third-order valence-electron chi connectivity index (χ3n) is 3.27. The molecule has 1 aliphatic carbocycles. The summed E-state index contributed by atoms with van der Waals surface area (Å²) in [5.41, 5.74) is 0.817. The van der Waals surface area contributed by atoms with Crippen LogP contribution in [0, 0.1) is 0 Å². The number of aromatic amines is 1. The minimum absolute atomic E-state index is 0.403. The second-order valence-electron chi connectivity index (χ2n) is 4.42. The number of fused-ring (bicyclic) bond motifs is 1. The van der Waals surface area contributed by atoms with Crippen LogP contribution >= 0.6 is 0 Å². The molecule has 3 rings (SSSR count). The van der Waals surface area contributed by atoms with Crippen LogP contribution in [-0.4, -0.2) is 28.1 Å². The first-order valence-corrected chi connectivity index (χ1v) is 6.02. The Bertz CT molecular complexity index is 516. The molecule has 1 saturated carbocycles. The lowest BCUT2D eigenvalue weighted by molar-refractivity contribution is 0.382. The van der Waals surface area contributed by atoms with E-state index in [9.17, 15) is 0 Å². The zero-order valence-electron chi connectivity index (χ0n) is 9.86. The first-order chi connectivity index (χ1) is 8.36. The molecular formula is C12H16N4O. The zero-order valence-corrected chi connectivity index (χ0v) is 9.86. The van der Waals surface area contributed by atoms with E-state index < -0.39 is 0 Å². The van der Waals surface area contributed by atoms with Crippen LogP contribution in [0.3, 0.4) is 0 Å². The molecule has 1 fully saturated rings. The Morgan fingerprint density at radius 3 is 2.94 bits per heavy atom. The van der Waals surface area contributed by atoms with Gasteiger partial charge in [0.1, 0.15) is 11.5 Å². The van der Waals surface area contributed by atoms with Crippen molar-refractivity contribution in [1.82, 2.24) is 15.0 Å². The van der Waals surface area contributed by atoms with Crippen molar-refractivity contribution < 1.29 is 4.74 Å². The molecule has 2 aromatic rings. The Hall–Kier alpha value is -1.78. The van der Waals surface area contributed by atoms with Gasteiger partial charge in [-0.2, -0.15) is 9.97 Å². The molecule has 0 bridgehead atoms. The highest BCUT2D eigenvalue weighted by molar-refractivity contribution is 5.87. The number of H-pyrrole nitrogens is 1. The molecule has 0 saturated heterocycles. The van der Waals surface area contributed by atoms with Crippen molar-refractivity contribution in [2.24, 2.45) is 0 Å². The number of ether oxygens (including phenoxy) is 1. The maximum Gasteiger partial charge on any atom is 0.320 e. The lowest BCUT2D eigenvalue weighted by Gasteiger charge is -2.13. The minimum atomic E-state index is 0.403. The lowest BCUT2D eigenvalue weighted by Crippen LogP contribution is -2.16. The van der Waals surface area contributed by atoms with E-state index in [1.54, 1.807) is 7.11 Å². The highest BCUT2D eigenvalue weighted by Crippen LogP contribution is 2.26. The van der Waals surface area contributed by atoms with E-state index >= 15 is 0 Å². The van der Waals surface area contributed by atoms with Crippen LogP contribution in [0.4, 0.5) is 5.82 Å². The summed E-state index contributed by atoms with van der Waals surface area (Å²) < 4.78 is 5.11. The summed E-state index contributed by atoms with van der Waals surface area (Å²) in [7, 11) is 1.59. The Morgan fingerprint density at radius 2 is 2.18 bits per heavy atom. The average molecular weight is 232 g/mol. The molecule has 5 nitrogen and oxygen atoms in total. The predicted molar refractivity (Wildman–Crippen MR) is 66.3 cm³/mol. The van der Waals surface area contributed by atoms with Crippen LogP contribution in [0.1, 0.15) is 25.7 Å². The lowest BCUT2D eigenvalue weighted by atomic mass is 10.2. The van der Waals surface area contributed by atoms with Crippen LogP contribution in [0.2, 0.25) is 0 Å². The molecule has 0 spiro atoms. The number of rotatable bonds is 3. The Balaban J connectivity index is 1.97. The molecular weight excluding hydrogens is 216 g/mol. The zero-order chi connectivity index (χ0) is 11.7. The standard InChI is InChI=1S/C12H16N4O/c1-17-12-15-10-9(6-7-13-10)11(16-12)14-8-4-2-3-5-8/h6-8H,2-5H2,1H3,(H2,13,14,15,16). The number of nitrogens with zero attached hydrogens (tertiary/aromatic N) is 2. The number of nitrogens with one attached hydrogen (secondary N) is 2. The van der Waals surface area contributed by atoms with Gasteiger partial charge in [0.25, 0.3) is 0 Å². The van der Waals surface area contributed by atoms with E-state index in [0.717, 1.165) is 16.9 Å². The van der Waals surface area contributed by atoms with E-state index in [2.05, 4.69) is 20.3 Å². The summed E-state index contributed by atoms with van der Waals surface area (Å²) >= 11 is 0. The minimum Gasteiger partial charge on any atom is -0.467 e. The molecule has 0 unspecified atom stereocenters. The summed E-state index contributed by atoms with van der Waals surface area (Å²) in [6.07, 6.45) is 6.92. The van der Waals surface area contributed by atoms with Crippen molar-refractivity contribution >= 4 is 16.9 Å². The van der Waals surface area contributed by atoms with Gasteiger partial charge in [-0.15, -0.1) is 0 Å². The van der Waals surface area contributed by atoms with Crippen LogP contribution in [0.5, 0.6) is 6.01 Å². The SMILES string of the molecule is COc1nc(NC2CCCC2)c2cc[nH]c2n1. The Labute approximate surface area is 99.6 Å². The summed E-state index contributed by atoms with van der Waals surface area (Å²) in [6.45, 7) is 0. The van der Waals surface area contributed by atoms with Gasteiger partial charge in [0.2, 0.25) is 0 Å². The van der Waals surface area contributed by atoms with Gasteiger partial charge in [0.05, 0.1) is 12.5 Å². The molecule has 90 valence electrons. The molecule has 1 aliphatic rings. The van der Waals surface area contributed by atoms with Crippen molar-refractivity contribution in [3.8, 4) is 6.01 Å². The van der Waals surface area contributed by atoms with Crippen molar-refractivity contribution in [2.45, 2.75) is 31.7 Å². The fraction of sp³-hybridized carbons (Fsp3) is 0.500. The molecule has 2 aromatic heterocycles. The number of hydrogen-bond donors (Lipinski definition) is 2. The van der Waals surface area contributed by atoms with E-state index in [1.165, 1.54) is 25.7 Å². The summed E-state index contributed by atoms with van der Waals surface area (Å²) in [6, 6.07) is 2.93. The normalized spacial score (nSPS) is 16.5. The van der Waals surface area contributed by atoms with Gasteiger partial charge in [-0.25, -0.2) is 0 Å². The fourth-order valence-corrected chi connectivity index (χ4v) is 2.39. The quantitative estimate of drug-likeness (QED) is 0.852. The van der Waals surface area contributed by atoms with E-state index in [1.807, 2.05) is 12.3 Å². The van der Waals surface area contributed by atoms with Crippen molar-refractivity contribution in [3.05, 3.63) is 12.3 Å². The third-order valence-corrected chi connectivity index (χ3v) is 3.27. The van der Waals surface area contributed by atoms with Gasteiger partial charge in [0.15, 0.2) is 0 Å². The number of aromatic nitrogens is 3. The molecule has 17 heavy (non-hydrogen) atoms. The van der Waals surface area contributed by atoms with Gasteiger partial charge >= 0.3 is 6.01 Å². The Morgan fingerprint density at radius 1 is 1.35 bits per heavy atom. The third kappa shape index (κ3) is 1.92. The van der Waals surface area contributed by atoms with Gasteiger partial charge < -0.3 is 15.0 Å². The molecule has 0 aliphatic heterocycles. The number of methoxy groups -OCH3 is 1. The smallest absolute Gasteiger partial charge is 0.320 e. The molecule has 0 aromatic carbocycles. The van der Waals surface area contributed by atoms with Crippen molar-refractivity contribution in [3.63, 3.8) is 0 Å². The van der Waals surface area contributed by atoms with Gasteiger partial charge in [0, 0.05) is 12.2 Å². The van der Waals surface area contributed by atoms with Gasteiger partial charge in [-0.05, 0) is 18.9 Å². The van der Waals surface area contributed by atoms with Crippen LogP contribution in [0.15, 0.2) is 12.3 Å². The van der Waals surface area contributed by atoms with Gasteiger partial charge in [-0.3, -0.25) is 0 Å². The maximum atomic E-state index is 5.11.